The zero-order valence-corrected chi connectivity index (χ0v) is 11.1. The van der Waals surface area contributed by atoms with E-state index in [4.69, 9.17) is 0 Å². The maximum atomic E-state index is 13.7. The fourth-order valence-corrected chi connectivity index (χ4v) is 2.38. The summed E-state index contributed by atoms with van der Waals surface area (Å²) >= 11 is 3.37. The van der Waals surface area contributed by atoms with E-state index in [9.17, 15) is 8.78 Å². The molecule has 0 unspecified atom stereocenters. The molecule has 0 N–H and O–H groups in total. The van der Waals surface area contributed by atoms with E-state index < -0.39 is 11.6 Å². The van der Waals surface area contributed by atoms with Crippen molar-refractivity contribution in [2.24, 2.45) is 0 Å². The Hall–Kier alpha value is -1.22. The van der Waals surface area contributed by atoms with Gasteiger partial charge in [0.05, 0.1) is 0 Å². The van der Waals surface area contributed by atoms with Crippen molar-refractivity contribution in [1.82, 2.24) is 0 Å². The first-order valence-electron chi connectivity index (χ1n) is 5.20. The number of rotatable bonds is 1. The molecular formula is C14H11BrF2. The van der Waals surface area contributed by atoms with Gasteiger partial charge in [0.2, 0.25) is 0 Å². The van der Waals surface area contributed by atoms with Crippen LogP contribution in [0.5, 0.6) is 0 Å². The fraction of sp³-hybridized carbons (Fsp3) is 0.143. The third kappa shape index (κ3) is 2.55. The van der Waals surface area contributed by atoms with E-state index in [1.807, 2.05) is 25.1 Å². The van der Waals surface area contributed by atoms with Gasteiger partial charge in [-0.25, -0.2) is 8.78 Å². The minimum atomic E-state index is -0.536. The van der Waals surface area contributed by atoms with Crippen LogP contribution in [0.25, 0.3) is 11.1 Å². The molecule has 0 aromatic heterocycles. The van der Waals surface area contributed by atoms with Gasteiger partial charge in [0, 0.05) is 16.1 Å². The lowest BCUT2D eigenvalue weighted by Crippen LogP contribution is -1.91. The van der Waals surface area contributed by atoms with E-state index >= 15 is 0 Å². The van der Waals surface area contributed by atoms with Gasteiger partial charge in [-0.1, -0.05) is 22.0 Å². The van der Waals surface area contributed by atoms with Crippen LogP contribution in [-0.2, 0) is 0 Å². The van der Waals surface area contributed by atoms with Crippen molar-refractivity contribution >= 4 is 15.9 Å². The standard InChI is InChI=1S/C14H11BrF2/c1-8-3-10(6-11(15)4-8)12-5-9(2)13(16)7-14(12)17/h3-7H,1-2H3. The SMILES string of the molecule is Cc1cc(Br)cc(-c2cc(C)c(F)cc2F)c1. The number of halogens is 3. The smallest absolute Gasteiger partial charge is 0.133 e. The van der Waals surface area contributed by atoms with Crippen molar-refractivity contribution < 1.29 is 8.78 Å². The summed E-state index contributed by atoms with van der Waals surface area (Å²) in [4.78, 5) is 0. The monoisotopic (exact) mass is 296 g/mol. The lowest BCUT2D eigenvalue weighted by molar-refractivity contribution is 0.579. The molecule has 0 radical (unpaired) electrons. The lowest BCUT2D eigenvalue weighted by atomic mass is 10.0. The Morgan fingerprint density at radius 2 is 1.59 bits per heavy atom. The number of aryl methyl sites for hydroxylation is 2. The van der Waals surface area contributed by atoms with Crippen LogP contribution in [0.3, 0.4) is 0 Å². The number of benzene rings is 2. The van der Waals surface area contributed by atoms with Crippen molar-refractivity contribution in [1.29, 1.82) is 0 Å². The number of hydrogen-bond acceptors (Lipinski definition) is 0. The Morgan fingerprint density at radius 1 is 0.882 bits per heavy atom. The van der Waals surface area contributed by atoms with Crippen LogP contribution in [0.1, 0.15) is 11.1 Å². The van der Waals surface area contributed by atoms with Crippen molar-refractivity contribution in [2.45, 2.75) is 13.8 Å². The van der Waals surface area contributed by atoms with Crippen LogP contribution in [0.4, 0.5) is 8.78 Å². The average Bonchev–Trinajstić information content (AvgIpc) is 2.22. The minimum Gasteiger partial charge on any atom is -0.207 e. The van der Waals surface area contributed by atoms with Gasteiger partial charge in [0.25, 0.3) is 0 Å². The van der Waals surface area contributed by atoms with Crippen molar-refractivity contribution in [3.8, 4) is 11.1 Å². The van der Waals surface area contributed by atoms with E-state index in [0.29, 0.717) is 11.1 Å². The second-order valence-corrected chi connectivity index (χ2v) is 5.01. The molecule has 3 heteroatoms. The first-order chi connectivity index (χ1) is 7.97. The predicted octanol–water partition coefficient (Wildman–Crippen LogP) is 5.01. The van der Waals surface area contributed by atoms with Gasteiger partial charge < -0.3 is 0 Å². The normalized spacial score (nSPS) is 10.6. The topological polar surface area (TPSA) is 0 Å². The summed E-state index contributed by atoms with van der Waals surface area (Å²) in [6.45, 7) is 3.56. The minimum absolute atomic E-state index is 0.424. The molecule has 2 aromatic carbocycles. The molecular weight excluding hydrogens is 286 g/mol. The van der Waals surface area contributed by atoms with E-state index in [-0.39, 0.29) is 0 Å². The Kier molecular flexibility index (Phi) is 3.29. The molecule has 0 nitrogen and oxygen atoms in total. The predicted molar refractivity (Wildman–Crippen MR) is 69.0 cm³/mol. The molecule has 0 aliphatic rings. The Balaban J connectivity index is 2.64. The molecule has 0 heterocycles. The second kappa shape index (κ2) is 4.57. The molecule has 0 saturated carbocycles. The fourth-order valence-electron chi connectivity index (χ4n) is 1.77. The summed E-state index contributed by atoms with van der Waals surface area (Å²) in [5, 5.41) is 0. The van der Waals surface area contributed by atoms with E-state index in [1.165, 1.54) is 6.07 Å². The van der Waals surface area contributed by atoms with E-state index in [2.05, 4.69) is 15.9 Å². The molecule has 0 saturated heterocycles. The maximum Gasteiger partial charge on any atom is 0.133 e. The summed E-state index contributed by atoms with van der Waals surface area (Å²) in [7, 11) is 0. The highest BCUT2D eigenvalue weighted by atomic mass is 79.9. The molecule has 0 aliphatic heterocycles. The van der Waals surface area contributed by atoms with Crippen LogP contribution in [-0.4, -0.2) is 0 Å². The first-order valence-corrected chi connectivity index (χ1v) is 6.00. The van der Waals surface area contributed by atoms with Crippen molar-refractivity contribution in [2.75, 3.05) is 0 Å². The van der Waals surface area contributed by atoms with Gasteiger partial charge in [-0.2, -0.15) is 0 Å². The summed E-state index contributed by atoms with van der Waals surface area (Å²) in [5.41, 5.74) is 2.64. The maximum absolute atomic E-state index is 13.7. The number of hydrogen-bond donors (Lipinski definition) is 0. The Bertz CT molecular complexity index is 556. The van der Waals surface area contributed by atoms with Gasteiger partial charge in [-0.05, 0) is 48.7 Å². The van der Waals surface area contributed by atoms with Crippen LogP contribution in [0.2, 0.25) is 0 Å². The molecule has 0 bridgehead atoms. The van der Waals surface area contributed by atoms with Gasteiger partial charge in [-0.3, -0.25) is 0 Å². The zero-order valence-electron chi connectivity index (χ0n) is 9.52. The van der Waals surface area contributed by atoms with Gasteiger partial charge in [0.15, 0.2) is 0 Å². The summed E-state index contributed by atoms with van der Waals surface area (Å²) in [5.74, 6) is -1.05. The first kappa shape index (κ1) is 12.2. The largest absolute Gasteiger partial charge is 0.207 e. The Labute approximate surface area is 107 Å². The highest BCUT2D eigenvalue weighted by Crippen LogP contribution is 2.28. The van der Waals surface area contributed by atoms with E-state index in [0.717, 1.165) is 21.7 Å². The quantitative estimate of drug-likeness (QED) is 0.694. The van der Waals surface area contributed by atoms with Crippen molar-refractivity contribution in [3.05, 3.63) is 57.6 Å². The van der Waals surface area contributed by atoms with Crippen LogP contribution >= 0.6 is 15.9 Å². The molecule has 0 fully saturated rings. The second-order valence-electron chi connectivity index (χ2n) is 4.10. The molecule has 88 valence electrons. The van der Waals surface area contributed by atoms with E-state index in [1.54, 1.807) is 6.92 Å². The highest BCUT2D eigenvalue weighted by molar-refractivity contribution is 9.10. The van der Waals surface area contributed by atoms with Gasteiger partial charge >= 0.3 is 0 Å². The Morgan fingerprint density at radius 3 is 2.24 bits per heavy atom. The molecule has 0 atom stereocenters. The molecule has 2 aromatic rings. The van der Waals surface area contributed by atoms with Crippen LogP contribution in [0.15, 0.2) is 34.8 Å². The van der Waals surface area contributed by atoms with Crippen molar-refractivity contribution in [3.63, 3.8) is 0 Å². The summed E-state index contributed by atoms with van der Waals surface area (Å²) < 4.78 is 27.8. The third-order valence-corrected chi connectivity index (χ3v) is 3.06. The highest BCUT2D eigenvalue weighted by Gasteiger charge is 2.10. The third-order valence-electron chi connectivity index (χ3n) is 2.60. The summed E-state index contributed by atoms with van der Waals surface area (Å²) in [6.07, 6.45) is 0. The molecule has 0 aliphatic carbocycles. The van der Waals surface area contributed by atoms with Gasteiger partial charge in [0.1, 0.15) is 11.6 Å². The molecule has 2 rings (SSSR count). The molecule has 0 spiro atoms. The van der Waals surface area contributed by atoms with Crippen LogP contribution < -0.4 is 0 Å². The average molecular weight is 297 g/mol. The van der Waals surface area contributed by atoms with Crippen LogP contribution in [0, 0.1) is 25.5 Å². The summed E-state index contributed by atoms with van der Waals surface area (Å²) in [6, 6.07) is 8.11. The zero-order chi connectivity index (χ0) is 12.6. The van der Waals surface area contributed by atoms with Gasteiger partial charge in [-0.15, -0.1) is 0 Å². The lowest BCUT2D eigenvalue weighted by Gasteiger charge is -2.08. The molecule has 17 heavy (non-hydrogen) atoms. The molecule has 0 amide bonds.